The predicted molar refractivity (Wildman–Crippen MR) is 82.9 cm³/mol. The van der Waals surface area contributed by atoms with Crippen LogP contribution in [0.5, 0.6) is 0 Å². The molecule has 19 heavy (non-hydrogen) atoms. The number of anilines is 1. The summed E-state index contributed by atoms with van der Waals surface area (Å²) in [6.45, 7) is 1.24. The van der Waals surface area contributed by atoms with Crippen molar-refractivity contribution in [2.24, 2.45) is 5.73 Å². The van der Waals surface area contributed by atoms with E-state index in [-0.39, 0.29) is 0 Å². The first-order valence-corrected chi connectivity index (χ1v) is 6.80. The third kappa shape index (κ3) is 3.63. The molecule has 2 nitrogen and oxygen atoms in total. The molecule has 0 aromatic heterocycles. The maximum absolute atomic E-state index is 6.00. The van der Waals surface area contributed by atoms with E-state index >= 15 is 0 Å². The first-order chi connectivity index (χ1) is 9.10. The molecule has 0 spiro atoms. The van der Waals surface area contributed by atoms with Crippen molar-refractivity contribution in [3.63, 3.8) is 0 Å². The lowest BCUT2D eigenvalue weighted by molar-refractivity contribution is 0.904. The van der Waals surface area contributed by atoms with E-state index in [1.54, 1.807) is 0 Å². The topological polar surface area (TPSA) is 29.3 Å². The van der Waals surface area contributed by atoms with Gasteiger partial charge < -0.3 is 10.6 Å². The standard InChI is InChI=1S/C15H16Cl2N2/c1-19(10-11-3-2-4-13(16)7-11)15-6-5-14(17)8-12(15)9-18/h2-8H,9-10,18H2,1H3. The Kier molecular flexibility index (Phi) is 4.70. The number of rotatable bonds is 4. The second kappa shape index (κ2) is 6.29. The molecule has 2 rings (SSSR count). The van der Waals surface area contributed by atoms with Crippen molar-refractivity contribution < 1.29 is 0 Å². The van der Waals surface area contributed by atoms with E-state index in [2.05, 4.69) is 11.0 Å². The van der Waals surface area contributed by atoms with E-state index in [0.717, 1.165) is 28.4 Å². The Bertz CT molecular complexity index is 570. The molecule has 100 valence electrons. The minimum Gasteiger partial charge on any atom is -0.370 e. The van der Waals surface area contributed by atoms with Crippen LogP contribution in [-0.4, -0.2) is 7.05 Å². The second-order valence-corrected chi connectivity index (χ2v) is 5.34. The van der Waals surface area contributed by atoms with Crippen LogP contribution < -0.4 is 10.6 Å². The zero-order valence-corrected chi connectivity index (χ0v) is 12.2. The number of hydrogen-bond acceptors (Lipinski definition) is 2. The molecule has 0 unspecified atom stereocenters. The Morgan fingerprint density at radius 1 is 1.05 bits per heavy atom. The van der Waals surface area contributed by atoms with Crippen LogP contribution in [0.25, 0.3) is 0 Å². The predicted octanol–water partition coefficient (Wildman–Crippen LogP) is 4.09. The summed E-state index contributed by atoms with van der Waals surface area (Å²) in [6.07, 6.45) is 0. The highest BCUT2D eigenvalue weighted by Gasteiger charge is 2.08. The number of halogens is 2. The molecule has 0 fully saturated rings. The fourth-order valence-corrected chi connectivity index (χ4v) is 2.49. The van der Waals surface area contributed by atoms with Crippen LogP contribution in [0.2, 0.25) is 10.0 Å². The summed E-state index contributed by atoms with van der Waals surface area (Å²) in [5.74, 6) is 0. The summed E-state index contributed by atoms with van der Waals surface area (Å²) in [6, 6.07) is 13.6. The van der Waals surface area contributed by atoms with Crippen molar-refractivity contribution in [1.82, 2.24) is 0 Å². The van der Waals surface area contributed by atoms with Gasteiger partial charge in [-0.15, -0.1) is 0 Å². The maximum atomic E-state index is 6.00. The van der Waals surface area contributed by atoms with Crippen molar-refractivity contribution >= 4 is 28.9 Å². The molecular formula is C15H16Cl2N2. The van der Waals surface area contributed by atoms with E-state index in [1.807, 2.05) is 43.4 Å². The molecule has 0 bridgehead atoms. The molecule has 2 aromatic carbocycles. The zero-order valence-electron chi connectivity index (χ0n) is 10.7. The van der Waals surface area contributed by atoms with Gasteiger partial charge in [-0.3, -0.25) is 0 Å². The van der Waals surface area contributed by atoms with Crippen LogP contribution in [0, 0.1) is 0 Å². The van der Waals surface area contributed by atoms with E-state index in [4.69, 9.17) is 28.9 Å². The van der Waals surface area contributed by atoms with Crippen molar-refractivity contribution in [1.29, 1.82) is 0 Å². The van der Waals surface area contributed by atoms with Gasteiger partial charge in [0.25, 0.3) is 0 Å². The molecule has 0 amide bonds. The van der Waals surface area contributed by atoms with Gasteiger partial charge in [-0.2, -0.15) is 0 Å². The Labute approximate surface area is 123 Å². The van der Waals surface area contributed by atoms with Crippen LogP contribution in [0.1, 0.15) is 11.1 Å². The maximum Gasteiger partial charge on any atom is 0.0426 e. The van der Waals surface area contributed by atoms with E-state index in [1.165, 1.54) is 0 Å². The number of nitrogens with zero attached hydrogens (tertiary/aromatic N) is 1. The minimum atomic E-state index is 0.468. The van der Waals surface area contributed by atoms with Crippen LogP contribution in [0.4, 0.5) is 5.69 Å². The van der Waals surface area contributed by atoms with Gasteiger partial charge in [0.15, 0.2) is 0 Å². The van der Waals surface area contributed by atoms with Crippen molar-refractivity contribution in [2.45, 2.75) is 13.1 Å². The highest BCUT2D eigenvalue weighted by molar-refractivity contribution is 6.31. The molecule has 0 saturated heterocycles. The largest absolute Gasteiger partial charge is 0.370 e. The lowest BCUT2D eigenvalue weighted by atomic mass is 10.1. The zero-order chi connectivity index (χ0) is 13.8. The third-order valence-electron chi connectivity index (χ3n) is 2.98. The average molecular weight is 295 g/mol. The minimum absolute atomic E-state index is 0.468. The highest BCUT2D eigenvalue weighted by atomic mass is 35.5. The van der Waals surface area contributed by atoms with Crippen LogP contribution in [-0.2, 0) is 13.1 Å². The van der Waals surface area contributed by atoms with E-state index in [0.29, 0.717) is 11.6 Å². The van der Waals surface area contributed by atoms with Gasteiger partial charge in [-0.05, 0) is 41.5 Å². The summed E-state index contributed by atoms with van der Waals surface area (Å²) in [4.78, 5) is 2.14. The van der Waals surface area contributed by atoms with Gasteiger partial charge in [0.1, 0.15) is 0 Å². The molecular weight excluding hydrogens is 279 g/mol. The lowest BCUT2D eigenvalue weighted by Crippen LogP contribution is -2.18. The van der Waals surface area contributed by atoms with Crippen LogP contribution >= 0.6 is 23.2 Å². The van der Waals surface area contributed by atoms with Crippen LogP contribution in [0.3, 0.4) is 0 Å². The summed E-state index contributed by atoms with van der Waals surface area (Å²) < 4.78 is 0. The number of nitrogens with two attached hydrogens (primary N) is 1. The monoisotopic (exact) mass is 294 g/mol. The summed E-state index contributed by atoms with van der Waals surface area (Å²) in [5, 5.41) is 1.46. The Morgan fingerprint density at radius 2 is 1.79 bits per heavy atom. The van der Waals surface area contributed by atoms with Crippen molar-refractivity contribution in [2.75, 3.05) is 11.9 Å². The molecule has 0 aliphatic rings. The molecule has 2 N–H and O–H groups in total. The molecule has 0 radical (unpaired) electrons. The molecule has 0 saturated carbocycles. The number of benzene rings is 2. The first-order valence-electron chi connectivity index (χ1n) is 6.04. The molecule has 2 aromatic rings. The summed E-state index contributed by atoms with van der Waals surface area (Å²) in [5.41, 5.74) is 9.06. The lowest BCUT2D eigenvalue weighted by Gasteiger charge is -2.22. The van der Waals surface area contributed by atoms with Gasteiger partial charge in [0.2, 0.25) is 0 Å². The molecule has 0 heterocycles. The van der Waals surface area contributed by atoms with E-state index in [9.17, 15) is 0 Å². The Morgan fingerprint density at radius 3 is 2.47 bits per heavy atom. The van der Waals surface area contributed by atoms with Gasteiger partial charge in [-0.1, -0.05) is 35.3 Å². The van der Waals surface area contributed by atoms with Crippen LogP contribution in [0.15, 0.2) is 42.5 Å². The van der Waals surface area contributed by atoms with Gasteiger partial charge in [-0.25, -0.2) is 0 Å². The summed E-state index contributed by atoms with van der Waals surface area (Å²) in [7, 11) is 2.03. The fourth-order valence-electron chi connectivity index (χ4n) is 2.08. The first kappa shape index (κ1) is 14.2. The second-order valence-electron chi connectivity index (χ2n) is 4.46. The van der Waals surface area contributed by atoms with Gasteiger partial charge >= 0.3 is 0 Å². The highest BCUT2D eigenvalue weighted by Crippen LogP contribution is 2.25. The fraction of sp³-hybridized carbons (Fsp3) is 0.200. The van der Waals surface area contributed by atoms with Gasteiger partial charge in [0.05, 0.1) is 0 Å². The SMILES string of the molecule is CN(Cc1cccc(Cl)c1)c1ccc(Cl)cc1CN. The van der Waals surface area contributed by atoms with E-state index < -0.39 is 0 Å². The molecule has 0 aliphatic carbocycles. The Balaban J connectivity index is 2.22. The van der Waals surface area contributed by atoms with Crippen molar-refractivity contribution in [3.8, 4) is 0 Å². The smallest absolute Gasteiger partial charge is 0.0426 e. The quantitative estimate of drug-likeness (QED) is 0.920. The Hall–Kier alpha value is -1.22. The van der Waals surface area contributed by atoms with Crippen molar-refractivity contribution in [3.05, 3.63) is 63.6 Å². The third-order valence-corrected chi connectivity index (χ3v) is 3.45. The molecule has 4 heteroatoms. The summed E-state index contributed by atoms with van der Waals surface area (Å²) >= 11 is 12.0. The average Bonchev–Trinajstić information content (AvgIpc) is 2.38. The number of hydrogen-bond donors (Lipinski definition) is 1. The normalized spacial score (nSPS) is 10.5. The molecule has 0 atom stereocenters. The molecule has 0 aliphatic heterocycles. The van der Waals surface area contributed by atoms with Gasteiger partial charge in [0, 0.05) is 35.9 Å².